The van der Waals surface area contributed by atoms with Gasteiger partial charge in [-0.05, 0) is 75.5 Å². The molecule has 0 saturated carbocycles. The predicted octanol–water partition coefficient (Wildman–Crippen LogP) is 6.78. The topological polar surface area (TPSA) is 0 Å². The van der Waals surface area contributed by atoms with E-state index in [0.717, 1.165) is 0 Å². The van der Waals surface area contributed by atoms with Crippen molar-refractivity contribution in [3.8, 4) is 0 Å². The first kappa shape index (κ1) is 26.6. The van der Waals surface area contributed by atoms with E-state index in [0.29, 0.717) is 5.92 Å². The van der Waals surface area contributed by atoms with Gasteiger partial charge in [-0.15, -0.1) is 0 Å². The van der Waals surface area contributed by atoms with E-state index in [4.69, 9.17) is 0 Å². The minimum absolute atomic E-state index is 0.436. The van der Waals surface area contributed by atoms with Crippen molar-refractivity contribution in [1.82, 2.24) is 0 Å². The second kappa shape index (κ2) is 9.46. The van der Waals surface area contributed by atoms with Gasteiger partial charge >= 0.3 is 0 Å². The summed E-state index contributed by atoms with van der Waals surface area (Å²) in [5, 5.41) is 7.97. The number of rotatable bonds is 5. The first-order valence-corrected chi connectivity index (χ1v) is 19.0. The van der Waals surface area contributed by atoms with Crippen LogP contribution in [0, 0.1) is 33.6 Å². The molecule has 0 nitrogen and oxygen atoms in total. The molecule has 2 unspecified atom stereocenters. The van der Waals surface area contributed by atoms with E-state index >= 15 is 0 Å². The van der Waals surface area contributed by atoms with Crippen molar-refractivity contribution < 1.29 is 0 Å². The fraction of sp³-hybridized carbons (Fsp3) is 0.353. The van der Waals surface area contributed by atoms with Gasteiger partial charge in [0.15, 0.2) is 8.07 Å². The van der Waals surface area contributed by atoms with Gasteiger partial charge in [-0.2, -0.15) is 0 Å². The third-order valence-corrected chi connectivity index (χ3v) is 16.5. The van der Waals surface area contributed by atoms with Crippen LogP contribution >= 0.6 is 0 Å². The van der Waals surface area contributed by atoms with Crippen molar-refractivity contribution in [2.24, 2.45) is 5.92 Å². The van der Waals surface area contributed by atoms with E-state index in [1.54, 1.807) is 25.9 Å². The lowest BCUT2D eigenvalue weighted by Crippen LogP contribution is -2.72. The highest BCUT2D eigenvalue weighted by Gasteiger charge is 2.50. The van der Waals surface area contributed by atoms with Crippen molar-refractivity contribution in [2.75, 3.05) is 0 Å². The molecule has 0 aliphatic heterocycles. The Balaban J connectivity index is 2.32. The third kappa shape index (κ3) is 4.13. The summed E-state index contributed by atoms with van der Waals surface area (Å²) in [5.74, 6) is 0.436. The van der Waals surface area contributed by atoms with Crippen LogP contribution in [0.5, 0.6) is 0 Å². The Morgan fingerprint density at radius 1 is 0.611 bits per heavy atom. The van der Waals surface area contributed by atoms with Crippen molar-refractivity contribution >= 4 is 36.9 Å². The quantitative estimate of drug-likeness (QED) is 0.263. The Hall–Kier alpha value is -2.43. The molecule has 0 amide bonds. The molecule has 2 atom stereocenters. The molecule has 1 aliphatic carbocycles. The van der Waals surface area contributed by atoms with Crippen LogP contribution in [0.4, 0.5) is 0 Å². The highest BCUT2D eigenvalue weighted by Crippen LogP contribution is 2.42. The Morgan fingerprint density at radius 2 is 1.17 bits per heavy atom. The van der Waals surface area contributed by atoms with E-state index in [9.17, 15) is 0 Å². The average molecular weight is 509 g/mol. The third-order valence-electron chi connectivity index (χ3n) is 8.83. The maximum Gasteiger partial charge on any atom is 0.177 e. The summed E-state index contributed by atoms with van der Waals surface area (Å²) >= 11 is 0. The maximum atomic E-state index is 2.64. The van der Waals surface area contributed by atoms with Gasteiger partial charge in [0, 0.05) is 0 Å². The van der Waals surface area contributed by atoms with Crippen LogP contribution in [-0.4, -0.2) is 16.1 Å². The van der Waals surface area contributed by atoms with E-state index in [-0.39, 0.29) is 0 Å². The lowest BCUT2D eigenvalue weighted by Gasteiger charge is -2.42. The summed E-state index contributed by atoms with van der Waals surface area (Å²) in [6.07, 6.45) is 0. The van der Waals surface area contributed by atoms with Gasteiger partial charge in [-0.25, -0.2) is 0 Å². The Kier molecular flexibility index (Phi) is 7.00. The van der Waals surface area contributed by atoms with Crippen LogP contribution in [0.15, 0.2) is 82.6 Å². The van der Waals surface area contributed by atoms with E-state index in [1.165, 1.54) is 39.0 Å². The molecule has 4 rings (SSSR count). The highest BCUT2D eigenvalue weighted by molar-refractivity contribution is 7.17. The predicted molar refractivity (Wildman–Crippen MR) is 166 cm³/mol. The summed E-state index contributed by atoms with van der Waals surface area (Å²) in [6, 6.07) is 23.9. The molecule has 0 fully saturated rings. The van der Waals surface area contributed by atoms with E-state index in [2.05, 4.69) is 136 Å². The molecule has 0 heterocycles. The van der Waals surface area contributed by atoms with Crippen molar-refractivity contribution in [2.45, 2.75) is 75.0 Å². The second-order valence-electron chi connectivity index (χ2n) is 12.2. The largest absolute Gasteiger partial charge is 0.177 e. The fourth-order valence-electron chi connectivity index (χ4n) is 6.67. The Morgan fingerprint density at radius 3 is 1.69 bits per heavy atom. The standard InChI is InChI=1S/C34H44Si2/c1-22-19-30(35(9,10)11)21-31(20-22)36(32-18-13-12-15-23(32)2,33-24(3)16-14-17-25(33)4)34-28(7)26(5)27(6)29(34)8/h12-21,28H,1-11H3. The first-order valence-electron chi connectivity index (χ1n) is 13.5. The van der Waals surface area contributed by atoms with E-state index in [1.807, 2.05) is 0 Å². The Bertz CT molecular complexity index is 1380. The van der Waals surface area contributed by atoms with Crippen molar-refractivity contribution in [3.05, 3.63) is 105 Å². The summed E-state index contributed by atoms with van der Waals surface area (Å²) < 4.78 is 0. The van der Waals surface area contributed by atoms with Gasteiger partial charge in [-0.1, -0.05) is 131 Å². The molecule has 188 valence electrons. The van der Waals surface area contributed by atoms with Crippen LogP contribution in [0.25, 0.3) is 0 Å². The zero-order chi connectivity index (χ0) is 26.6. The van der Waals surface area contributed by atoms with Crippen molar-refractivity contribution in [3.63, 3.8) is 0 Å². The van der Waals surface area contributed by atoms with Gasteiger partial charge in [0.05, 0.1) is 8.07 Å². The average Bonchev–Trinajstić information content (AvgIpc) is 2.99. The summed E-state index contributed by atoms with van der Waals surface area (Å²) in [7, 11) is -4.14. The number of allylic oxidation sites excluding steroid dienone is 4. The molecular formula is C34H44Si2. The minimum atomic E-state index is -2.62. The van der Waals surface area contributed by atoms with Gasteiger partial charge in [0.25, 0.3) is 0 Å². The number of aryl methyl sites for hydroxylation is 4. The smallest absolute Gasteiger partial charge is 0.0656 e. The van der Waals surface area contributed by atoms with Gasteiger partial charge in [0.2, 0.25) is 0 Å². The second-order valence-corrected chi connectivity index (χ2v) is 21.0. The molecule has 0 spiro atoms. The monoisotopic (exact) mass is 508 g/mol. The fourth-order valence-corrected chi connectivity index (χ4v) is 14.6. The molecular weight excluding hydrogens is 465 g/mol. The molecule has 1 aliphatic rings. The molecule has 2 heteroatoms. The summed E-state index contributed by atoms with van der Waals surface area (Å²) in [4.78, 5) is 0. The van der Waals surface area contributed by atoms with Gasteiger partial charge in [-0.3, -0.25) is 0 Å². The number of hydrogen-bond donors (Lipinski definition) is 0. The van der Waals surface area contributed by atoms with Gasteiger partial charge < -0.3 is 0 Å². The molecule has 36 heavy (non-hydrogen) atoms. The zero-order valence-electron chi connectivity index (χ0n) is 24.4. The van der Waals surface area contributed by atoms with Crippen LogP contribution in [0.1, 0.15) is 49.9 Å². The molecule has 3 aromatic carbocycles. The molecule has 0 N–H and O–H groups in total. The van der Waals surface area contributed by atoms with Crippen LogP contribution in [0.2, 0.25) is 19.6 Å². The highest BCUT2D eigenvalue weighted by atomic mass is 28.3. The number of hydrogen-bond acceptors (Lipinski definition) is 0. The molecule has 0 saturated heterocycles. The molecule has 0 radical (unpaired) electrons. The molecule has 0 bridgehead atoms. The zero-order valence-corrected chi connectivity index (χ0v) is 26.4. The maximum absolute atomic E-state index is 2.64. The van der Waals surface area contributed by atoms with Crippen LogP contribution in [-0.2, 0) is 0 Å². The molecule has 3 aromatic rings. The first-order chi connectivity index (χ1) is 16.8. The Labute approximate surface area is 222 Å². The lowest BCUT2D eigenvalue weighted by molar-refractivity contribution is 0.851. The lowest BCUT2D eigenvalue weighted by atomic mass is 10.1. The van der Waals surface area contributed by atoms with Crippen LogP contribution < -0.4 is 20.7 Å². The summed E-state index contributed by atoms with van der Waals surface area (Å²) in [6.45, 7) is 26.4. The minimum Gasteiger partial charge on any atom is -0.0656 e. The normalized spacial score (nSPS) is 18.1. The van der Waals surface area contributed by atoms with Crippen LogP contribution in [0.3, 0.4) is 0 Å². The molecule has 0 aromatic heterocycles. The van der Waals surface area contributed by atoms with E-state index < -0.39 is 16.1 Å². The van der Waals surface area contributed by atoms with Crippen molar-refractivity contribution in [1.29, 1.82) is 0 Å². The SMILES string of the molecule is CC1=C(C)C(C)C([Si](c2cc(C)cc([Si](C)(C)C)c2)(c2ccccc2C)c2c(C)cccc2C)=C1C. The van der Waals surface area contributed by atoms with Gasteiger partial charge in [0.1, 0.15) is 0 Å². The summed E-state index contributed by atoms with van der Waals surface area (Å²) in [5.41, 5.74) is 10.2. The number of benzene rings is 3.